The highest BCUT2D eigenvalue weighted by atomic mass is 35.5. The molecule has 6 heteroatoms. The first kappa shape index (κ1) is 13.8. The van der Waals surface area contributed by atoms with Crippen molar-refractivity contribution >= 4 is 23.2 Å². The van der Waals surface area contributed by atoms with Crippen LogP contribution in [0.5, 0.6) is 5.75 Å². The van der Waals surface area contributed by atoms with Crippen LogP contribution in [0.15, 0.2) is 36.4 Å². The number of anilines is 1. The van der Waals surface area contributed by atoms with Gasteiger partial charge in [0, 0.05) is 0 Å². The topological polar surface area (TPSA) is 73.1 Å². The van der Waals surface area contributed by atoms with Crippen molar-refractivity contribution in [2.24, 2.45) is 0 Å². The van der Waals surface area contributed by atoms with Crippen molar-refractivity contribution < 1.29 is 14.3 Å². The van der Waals surface area contributed by atoms with E-state index in [9.17, 15) is 14.3 Å². The standard InChI is InChI=1S/C14H8ClFN2O2/c15-9-5-4-8(7-17)6-11(9)18-14(20)13-10(16)2-1-3-12(13)19/h1-6,19H,(H,18,20). The van der Waals surface area contributed by atoms with Gasteiger partial charge >= 0.3 is 0 Å². The minimum absolute atomic E-state index is 0.165. The summed E-state index contributed by atoms with van der Waals surface area (Å²) in [6, 6.07) is 9.72. The molecule has 2 aromatic carbocycles. The van der Waals surface area contributed by atoms with E-state index in [0.717, 1.165) is 6.07 Å². The Hall–Kier alpha value is -2.58. The fourth-order valence-corrected chi connectivity index (χ4v) is 1.78. The van der Waals surface area contributed by atoms with Crippen molar-refractivity contribution in [3.63, 3.8) is 0 Å². The number of carbonyl (C=O) groups excluding carboxylic acids is 1. The summed E-state index contributed by atoms with van der Waals surface area (Å²) in [7, 11) is 0. The molecule has 1 amide bonds. The number of rotatable bonds is 2. The Morgan fingerprint density at radius 3 is 2.75 bits per heavy atom. The van der Waals surface area contributed by atoms with Gasteiger partial charge in [-0.3, -0.25) is 4.79 Å². The predicted octanol–water partition coefficient (Wildman–Crippen LogP) is 3.31. The Labute approximate surface area is 119 Å². The smallest absolute Gasteiger partial charge is 0.262 e. The first-order valence-corrected chi connectivity index (χ1v) is 5.89. The molecule has 0 aliphatic heterocycles. The van der Waals surface area contributed by atoms with Crippen molar-refractivity contribution in [1.29, 1.82) is 5.26 Å². The molecule has 2 rings (SSSR count). The summed E-state index contributed by atoms with van der Waals surface area (Å²) in [4.78, 5) is 12.0. The van der Waals surface area contributed by atoms with E-state index >= 15 is 0 Å². The summed E-state index contributed by atoms with van der Waals surface area (Å²) in [6.07, 6.45) is 0. The number of nitrogens with zero attached hydrogens (tertiary/aromatic N) is 1. The molecule has 0 fully saturated rings. The van der Waals surface area contributed by atoms with Crippen LogP contribution in [0.4, 0.5) is 10.1 Å². The summed E-state index contributed by atoms with van der Waals surface area (Å²) in [6.45, 7) is 0. The zero-order valence-electron chi connectivity index (χ0n) is 10.0. The SMILES string of the molecule is N#Cc1ccc(Cl)c(NC(=O)c2c(O)cccc2F)c1. The summed E-state index contributed by atoms with van der Waals surface area (Å²) in [5, 5.41) is 20.9. The lowest BCUT2D eigenvalue weighted by Crippen LogP contribution is -2.14. The molecule has 0 aliphatic carbocycles. The number of aromatic hydroxyl groups is 1. The van der Waals surface area contributed by atoms with Gasteiger partial charge in [-0.05, 0) is 30.3 Å². The summed E-state index contributed by atoms with van der Waals surface area (Å²) in [5.41, 5.74) is -0.0215. The molecule has 0 saturated carbocycles. The van der Waals surface area contributed by atoms with Gasteiger partial charge in [-0.1, -0.05) is 17.7 Å². The molecule has 2 aromatic rings. The number of amides is 1. The zero-order chi connectivity index (χ0) is 14.7. The van der Waals surface area contributed by atoms with Crippen molar-refractivity contribution in [2.75, 3.05) is 5.32 Å². The number of nitriles is 1. The number of nitrogens with one attached hydrogen (secondary N) is 1. The van der Waals surface area contributed by atoms with Gasteiger partial charge in [-0.15, -0.1) is 0 Å². The predicted molar refractivity (Wildman–Crippen MR) is 72.2 cm³/mol. The number of hydrogen-bond acceptors (Lipinski definition) is 3. The van der Waals surface area contributed by atoms with Gasteiger partial charge in [-0.2, -0.15) is 5.26 Å². The van der Waals surface area contributed by atoms with Crippen LogP contribution in [0, 0.1) is 17.1 Å². The van der Waals surface area contributed by atoms with Gasteiger partial charge in [0.25, 0.3) is 5.91 Å². The van der Waals surface area contributed by atoms with E-state index in [-0.39, 0.29) is 10.7 Å². The molecule has 0 bridgehead atoms. The van der Waals surface area contributed by atoms with Gasteiger partial charge in [-0.25, -0.2) is 4.39 Å². The molecule has 0 atom stereocenters. The van der Waals surface area contributed by atoms with E-state index in [2.05, 4.69) is 5.32 Å². The van der Waals surface area contributed by atoms with E-state index in [1.807, 2.05) is 6.07 Å². The van der Waals surface area contributed by atoms with E-state index in [0.29, 0.717) is 5.56 Å². The Bertz CT molecular complexity index is 705. The van der Waals surface area contributed by atoms with Crippen LogP contribution in [0.25, 0.3) is 0 Å². The number of carbonyl (C=O) groups is 1. The summed E-state index contributed by atoms with van der Waals surface area (Å²) >= 11 is 5.88. The third-order valence-corrected chi connectivity index (χ3v) is 2.89. The highest BCUT2D eigenvalue weighted by Crippen LogP contribution is 2.26. The zero-order valence-corrected chi connectivity index (χ0v) is 10.8. The number of hydrogen-bond donors (Lipinski definition) is 2. The third kappa shape index (κ3) is 2.71. The second kappa shape index (κ2) is 5.59. The second-order valence-corrected chi connectivity index (χ2v) is 4.30. The molecule has 0 heterocycles. The molecule has 20 heavy (non-hydrogen) atoms. The van der Waals surface area contributed by atoms with Crippen LogP contribution in [0.1, 0.15) is 15.9 Å². The largest absolute Gasteiger partial charge is 0.507 e. The fourth-order valence-electron chi connectivity index (χ4n) is 1.61. The lowest BCUT2D eigenvalue weighted by Gasteiger charge is -2.09. The Balaban J connectivity index is 2.36. The van der Waals surface area contributed by atoms with Crippen LogP contribution < -0.4 is 5.32 Å². The van der Waals surface area contributed by atoms with Gasteiger partial charge < -0.3 is 10.4 Å². The normalized spacial score (nSPS) is 9.85. The number of phenolic OH excluding ortho intramolecular Hbond substituents is 1. The van der Waals surface area contributed by atoms with Crippen LogP contribution in [-0.4, -0.2) is 11.0 Å². The summed E-state index contributed by atoms with van der Waals surface area (Å²) in [5.74, 6) is -2.18. The highest BCUT2D eigenvalue weighted by Gasteiger charge is 2.17. The maximum atomic E-state index is 13.5. The Kier molecular flexibility index (Phi) is 3.87. The monoisotopic (exact) mass is 290 g/mol. The average molecular weight is 291 g/mol. The van der Waals surface area contributed by atoms with E-state index < -0.39 is 23.0 Å². The maximum Gasteiger partial charge on any atom is 0.262 e. The molecule has 0 radical (unpaired) electrons. The van der Waals surface area contributed by atoms with E-state index in [1.54, 1.807) is 0 Å². The molecule has 100 valence electrons. The van der Waals surface area contributed by atoms with Crippen LogP contribution >= 0.6 is 11.6 Å². The highest BCUT2D eigenvalue weighted by molar-refractivity contribution is 6.34. The molecule has 4 nitrogen and oxygen atoms in total. The lowest BCUT2D eigenvalue weighted by molar-refractivity contribution is 0.102. The Morgan fingerprint density at radius 1 is 1.35 bits per heavy atom. The second-order valence-electron chi connectivity index (χ2n) is 3.89. The van der Waals surface area contributed by atoms with Gasteiger partial charge in [0.15, 0.2) is 0 Å². The molecular weight excluding hydrogens is 283 g/mol. The van der Waals surface area contributed by atoms with E-state index in [4.69, 9.17) is 16.9 Å². The summed E-state index contributed by atoms with van der Waals surface area (Å²) < 4.78 is 13.5. The van der Waals surface area contributed by atoms with E-state index in [1.165, 1.54) is 30.3 Å². The van der Waals surface area contributed by atoms with Gasteiger partial charge in [0.1, 0.15) is 17.1 Å². The first-order chi connectivity index (χ1) is 9.52. The van der Waals surface area contributed by atoms with Crippen LogP contribution in [-0.2, 0) is 0 Å². The minimum Gasteiger partial charge on any atom is -0.507 e. The maximum absolute atomic E-state index is 13.5. The number of phenols is 1. The first-order valence-electron chi connectivity index (χ1n) is 5.51. The molecule has 0 aromatic heterocycles. The van der Waals surface area contributed by atoms with Crippen LogP contribution in [0.2, 0.25) is 5.02 Å². The van der Waals surface area contributed by atoms with Gasteiger partial charge in [0.2, 0.25) is 0 Å². The van der Waals surface area contributed by atoms with Crippen molar-refractivity contribution in [2.45, 2.75) is 0 Å². The molecule has 0 aliphatic rings. The molecule has 2 N–H and O–H groups in total. The van der Waals surface area contributed by atoms with Crippen molar-refractivity contribution in [3.8, 4) is 11.8 Å². The third-order valence-electron chi connectivity index (χ3n) is 2.56. The average Bonchev–Trinajstić information content (AvgIpc) is 2.41. The quantitative estimate of drug-likeness (QED) is 0.891. The van der Waals surface area contributed by atoms with Gasteiger partial charge in [0.05, 0.1) is 22.3 Å². The fraction of sp³-hybridized carbons (Fsp3) is 0. The number of halogens is 2. The van der Waals surface area contributed by atoms with Crippen molar-refractivity contribution in [1.82, 2.24) is 0 Å². The molecule has 0 spiro atoms. The molecular formula is C14H8ClFN2O2. The minimum atomic E-state index is -0.852. The van der Waals surface area contributed by atoms with Crippen LogP contribution in [0.3, 0.4) is 0 Å². The molecule has 0 unspecified atom stereocenters. The number of benzene rings is 2. The molecule has 0 saturated heterocycles. The lowest BCUT2D eigenvalue weighted by atomic mass is 10.1. The van der Waals surface area contributed by atoms with Crippen molar-refractivity contribution in [3.05, 3.63) is 58.4 Å². The Morgan fingerprint density at radius 2 is 2.10 bits per heavy atom.